The van der Waals surface area contributed by atoms with E-state index in [1.54, 1.807) is 0 Å². The molecule has 0 amide bonds. The second-order valence-corrected chi connectivity index (χ2v) is 6.03. The fraction of sp³-hybridized carbons (Fsp3) is 0.357. The number of aryl methyl sites for hydroxylation is 1. The maximum Gasteiger partial charge on any atom is 0.104 e. The summed E-state index contributed by atoms with van der Waals surface area (Å²) in [6, 6.07) is 8.30. The van der Waals surface area contributed by atoms with Gasteiger partial charge in [-0.1, -0.05) is 19.1 Å². The van der Waals surface area contributed by atoms with Crippen LogP contribution >= 0.6 is 24.0 Å². The number of fused-ring (bicyclic) bond motifs is 1. The molecule has 0 unspecified atom stereocenters. The van der Waals surface area contributed by atoms with Gasteiger partial charge in [-0.25, -0.2) is 0 Å². The number of nitrogens with zero attached hydrogens (tertiary/aromatic N) is 1. The first-order valence-electron chi connectivity index (χ1n) is 6.19. The van der Waals surface area contributed by atoms with Crippen LogP contribution in [-0.2, 0) is 6.54 Å². The zero-order valence-corrected chi connectivity index (χ0v) is 12.2. The van der Waals surface area contributed by atoms with Gasteiger partial charge in [0, 0.05) is 29.2 Å². The molecule has 0 saturated heterocycles. The molecule has 18 heavy (non-hydrogen) atoms. The molecule has 0 aliphatic heterocycles. The fourth-order valence-corrected chi connectivity index (χ4v) is 2.78. The number of hydrogen-bond donors (Lipinski definition) is 1. The molecular formula is C14H18N2S2. The van der Waals surface area contributed by atoms with Crippen LogP contribution in [0.5, 0.6) is 0 Å². The number of hydrogen-bond acceptors (Lipinski definition) is 2. The summed E-state index contributed by atoms with van der Waals surface area (Å²) in [7, 11) is 0. The lowest BCUT2D eigenvalue weighted by Gasteiger charge is -2.05. The predicted octanol–water partition coefficient (Wildman–Crippen LogP) is 3.42. The van der Waals surface area contributed by atoms with E-state index < -0.39 is 0 Å². The second kappa shape index (κ2) is 6.25. The average Bonchev–Trinajstić information content (AvgIpc) is 2.77. The Hall–Kier alpha value is -1.00. The lowest BCUT2D eigenvalue weighted by molar-refractivity contribution is 0.709. The predicted molar refractivity (Wildman–Crippen MR) is 85.4 cm³/mol. The third kappa shape index (κ3) is 3.06. The molecule has 0 fully saturated rings. The first kappa shape index (κ1) is 13.4. The zero-order valence-electron chi connectivity index (χ0n) is 10.6. The maximum atomic E-state index is 5.65. The molecule has 0 bridgehead atoms. The van der Waals surface area contributed by atoms with Gasteiger partial charge in [0.2, 0.25) is 0 Å². The highest BCUT2D eigenvalue weighted by atomic mass is 32.2. The number of rotatable bonds is 6. The van der Waals surface area contributed by atoms with Crippen LogP contribution in [0.1, 0.15) is 18.9 Å². The molecule has 0 saturated carbocycles. The van der Waals surface area contributed by atoms with E-state index in [1.807, 2.05) is 17.8 Å². The highest BCUT2D eigenvalue weighted by molar-refractivity contribution is 7.99. The normalized spacial score (nSPS) is 10.9. The Balaban J connectivity index is 2.13. The topological polar surface area (TPSA) is 30.9 Å². The van der Waals surface area contributed by atoms with Gasteiger partial charge in [-0.2, -0.15) is 11.8 Å². The standard InChI is InChI=1S/C14H18N2S2/c1-2-18-9-3-7-16-8-6-11-10-12(14(15)17)4-5-13(11)16/h4-6,8,10H,2-3,7,9H2,1H3,(H2,15,17). The summed E-state index contributed by atoms with van der Waals surface area (Å²) in [4.78, 5) is 0.462. The number of thiocarbonyl (C=S) groups is 1. The summed E-state index contributed by atoms with van der Waals surface area (Å²) in [5.74, 6) is 2.42. The highest BCUT2D eigenvalue weighted by Gasteiger charge is 2.03. The van der Waals surface area contributed by atoms with Gasteiger partial charge in [-0.15, -0.1) is 0 Å². The van der Waals surface area contributed by atoms with Crippen LogP contribution in [0.2, 0.25) is 0 Å². The van der Waals surface area contributed by atoms with E-state index in [4.69, 9.17) is 18.0 Å². The maximum absolute atomic E-state index is 5.65. The van der Waals surface area contributed by atoms with Crippen molar-refractivity contribution < 1.29 is 0 Å². The Labute approximate surface area is 118 Å². The molecule has 0 atom stereocenters. The van der Waals surface area contributed by atoms with E-state index in [0.29, 0.717) is 4.99 Å². The van der Waals surface area contributed by atoms with E-state index in [9.17, 15) is 0 Å². The van der Waals surface area contributed by atoms with Crippen molar-refractivity contribution in [2.24, 2.45) is 5.73 Å². The summed E-state index contributed by atoms with van der Waals surface area (Å²) in [5, 5.41) is 1.21. The van der Waals surface area contributed by atoms with Gasteiger partial charge in [-0.05, 0) is 42.2 Å². The minimum atomic E-state index is 0.462. The minimum Gasteiger partial charge on any atom is -0.389 e. The zero-order chi connectivity index (χ0) is 13.0. The number of benzene rings is 1. The number of nitrogens with two attached hydrogens (primary N) is 1. The van der Waals surface area contributed by atoms with Crippen LogP contribution in [-0.4, -0.2) is 21.1 Å². The number of thioether (sulfide) groups is 1. The summed E-state index contributed by atoms with van der Waals surface area (Å²) >= 11 is 6.99. The van der Waals surface area contributed by atoms with Crippen molar-refractivity contribution in [3.63, 3.8) is 0 Å². The minimum absolute atomic E-state index is 0.462. The van der Waals surface area contributed by atoms with E-state index in [1.165, 1.54) is 28.8 Å². The summed E-state index contributed by atoms with van der Waals surface area (Å²) < 4.78 is 2.30. The van der Waals surface area contributed by atoms with Crippen molar-refractivity contribution in [1.82, 2.24) is 4.57 Å². The van der Waals surface area contributed by atoms with Crippen LogP contribution < -0.4 is 5.73 Å². The molecule has 0 spiro atoms. The summed E-state index contributed by atoms with van der Waals surface area (Å²) in [5.41, 5.74) is 7.85. The van der Waals surface area contributed by atoms with Gasteiger partial charge in [-0.3, -0.25) is 0 Å². The Kier molecular flexibility index (Phi) is 4.66. The van der Waals surface area contributed by atoms with Crippen LogP contribution in [0.25, 0.3) is 10.9 Å². The van der Waals surface area contributed by atoms with Gasteiger partial charge >= 0.3 is 0 Å². The average molecular weight is 278 g/mol. The molecule has 0 aliphatic carbocycles. The monoisotopic (exact) mass is 278 g/mol. The lowest BCUT2D eigenvalue weighted by atomic mass is 10.1. The molecule has 2 nitrogen and oxygen atoms in total. The van der Waals surface area contributed by atoms with Gasteiger partial charge in [0.1, 0.15) is 4.99 Å². The van der Waals surface area contributed by atoms with E-state index >= 15 is 0 Å². The Morgan fingerprint density at radius 2 is 2.22 bits per heavy atom. The lowest BCUT2D eigenvalue weighted by Crippen LogP contribution is -2.08. The quantitative estimate of drug-likeness (QED) is 0.649. The van der Waals surface area contributed by atoms with Crippen molar-refractivity contribution in [3.05, 3.63) is 36.0 Å². The van der Waals surface area contributed by atoms with Gasteiger partial charge in [0.05, 0.1) is 0 Å². The SMILES string of the molecule is CCSCCCn1ccc2cc(C(N)=S)ccc21. The van der Waals surface area contributed by atoms with Crippen molar-refractivity contribution in [1.29, 1.82) is 0 Å². The van der Waals surface area contributed by atoms with E-state index in [-0.39, 0.29) is 0 Å². The Morgan fingerprint density at radius 1 is 1.39 bits per heavy atom. The van der Waals surface area contributed by atoms with E-state index in [0.717, 1.165) is 12.1 Å². The van der Waals surface area contributed by atoms with Crippen molar-refractivity contribution in [3.8, 4) is 0 Å². The molecule has 1 aromatic carbocycles. The molecule has 0 aliphatic rings. The largest absolute Gasteiger partial charge is 0.389 e. The van der Waals surface area contributed by atoms with Crippen molar-refractivity contribution in [2.75, 3.05) is 11.5 Å². The highest BCUT2D eigenvalue weighted by Crippen LogP contribution is 2.18. The van der Waals surface area contributed by atoms with Crippen LogP contribution in [0, 0.1) is 0 Å². The number of aromatic nitrogens is 1. The second-order valence-electron chi connectivity index (χ2n) is 4.20. The molecule has 2 aromatic rings. The van der Waals surface area contributed by atoms with E-state index in [2.05, 4.69) is 35.9 Å². The van der Waals surface area contributed by atoms with Crippen LogP contribution in [0.4, 0.5) is 0 Å². The van der Waals surface area contributed by atoms with Crippen molar-refractivity contribution >= 4 is 39.9 Å². The third-order valence-corrected chi connectivity index (χ3v) is 4.17. The molecule has 4 heteroatoms. The molecule has 2 rings (SSSR count). The molecule has 96 valence electrons. The first-order valence-corrected chi connectivity index (χ1v) is 7.75. The fourth-order valence-electron chi connectivity index (χ4n) is 2.03. The third-order valence-electron chi connectivity index (χ3n) is 2.95. The summed E-state index contributed by atoms with van der Waals surface area (Å²) in [6.07, 6.45) is 3.35. The summed E-state index contributed by atoms with van der Waals surface area (Å²) in [6.45, 7) is 3.27. The Bertz CT molecular complexity index is 546. The van der Waals surface area contributed by atoms with Crippen LogP contribution in [0.3, 0.4) is 0 Å². The molecule has 0 radical (unpaired) electrons. The molecular weight excluding hydrogens is 260 g/mol. The Morgan fingerprint density at radius 3 is 2.94 bits per heavy atom. The smallest absolute Gasteiger partial charge is 0.104 e. The molecule has 1 aromatic heterocycles. The van der Waals surface area contributed by atoms with Gasteiger partial charge in [0.15, 0.2) is 0 Å². The van der Waals surface area contributed by atoms with Crippen LogP contribution in [0.15, 0.2) is 30.5 Å². The molecule has 2 N–H and O–H groups in total. The van der Waals surface area contributed by atoms with Crippen molar-refractivity contribution in [2.45, 2.75) is 19.9 Å². The van der Waals surface area contributed by atoms with Gasteiger partial charge < -0.3 is 10.3 Å². The van der Waals surface area contributed by atoms with Gasteiger partial charge in [0.25, 0.3) is 0 Å². The molecule has 1 heterocycles. The first-order chi connectivity index (χ1) is 8.72.